The number of hydrogen-bond acceptors (Lipinski definition) is 4. The number of carbonyl (C=O) groups is 2. The first kappa shape index (κ1) is 23.5. The van der Waals surface area contributed by atoms with Crippen LogP contribution >= 0.6 is 0 Å². The average molecular weight is 511 g/mol. The van der Waals surface area contributed by atoms with Gasteiger partial charge in [0, 0.05) is 37.1 Å². The molecule has 1 aromatic heterocycles. The van der Waals surface area contributed by atoms with Crippen molar-refractivity contribution in [1.29, 1.82) is 0 Å². The lowest BCUT2D eigenvalue weighted by atomic mass is 9.97. The molecule has 0 radical (unpaired) electrons. The molecule has 2 saturated carbocycles. The van der Waals surface area contributed by atoms with Crippen LogP contribution in [0.15, 0.2) is 59.7 Å². The summed E-state index contributed by atoms with van der Waals surface area (Å²) in [6.45, 7) is 1.88. The maximum atomic E-state index is 15.8. The number of likely N-dealkylation sites (tertiary alicyclic amines) is 1. The highest BCUT2D eigenvalue weighted by Gasteiger charge is 2.51. The number of aromatic nitrogens is 1. The molecular formula is C31H31FN4O2. The monoisotopic (exact) mass is 510 g/mol. The van der Waals surface area contributed by atoms with Crippen LogP contribution in [-0.2, 0) is 9.59 Å². The van der Waals surface area contributed by atoms with E-state index in [1.807, 2.05) is 41.3 Å². The first-order chi connectivity index (χ1) is 18.5. The zero-order chi connectivity index (χ0) is 25.9. The number of carbonyl (C=O) groups excluding carboxylic acids is 2. The Labute approximate surface area is 221 Å². The predicted molar refractivity (Wildman–Crippen MR) is 144 cm³/mol. The van der Waals surface area contributed by atoms with Gasteiger partial charge in [0.25, 0.3) is 5.91 Å². The molecule has 3 aromatic rings. The van der Waals surface area contributed by atoms with Crippen molar-refractivity contribution >= 4 is 28.6 Å². The van der Waals surface area contributed by atoms with Crippen LogP contribution in [0.2, 0.25) is 0 Å². The Bertz CT molecular complexity index is 1470. The SMILES string of the molecule is O=C(C1CC1)N1CC[C@@H](CN2C(=O)C3(CCCC3)N=C2c2ccc(-c3ccc4cccnc4c3)cc2F)C1. The number of aliphatic imine (C=N–C) groups is 1. The molecule has 1 saturated heterocycles. The standard InChI is InChI=1S/C31H31FN4O2/c32-26-16-23(24-8-5-21-4-3-14-33-27(21)17-24)9-10-25(26)28-34-31(12-1-2-13-31)30(38)36(28)19-20-11-15-35(18-20)29(37)22-6-7-22/h3-5,8-10,14,16-17,20,22H,1-2,6-7,11-13,15,18-19H2/t20-/m1/s1. The topological polar surface area (TPSA) is 65.9 Å². The highest BCUT2D eigenvalue weighted by molar-refractivity contribution is 6.15. The summed E-state index contributed by atoms with van der Waals surface area (Å²) < 4.78 is 15.8. The second kappa shape index (κ2) is 9.00. The Morgan fingerprint density at radius 2 is 1.82 bits per heavy atom. The maximum Gasteiger partial charge on any atom is 0.256 e. The van der Waals surface area contributed by atoms with Crippen molar-refractivity contribution in [3.63, 3.8) is 0 Å². The number of benzene rings is 2. The van der Waals surface area contributed by atoms with Crippen molar-refractivity contribution < 1.29 is 14.0 Å². The molecule has 2 aromatic carbocycles. The predicted octanol–water partition coefficient (Wildman–Crippen LogP) is 5.20. The summed E-state index contributed by atoms with van der Waals surface area (Å²) in [6, 6.07) is 15.0. The van der Waals surface area contributed by atoms with Gasteiger partial charge in [0.1, 0.15) is 17.2 Å². The summed E-state index contributed by atoms with van der Waals surface area (Å²) in [7, 11) is 0. The van der Waals surface area contributed by atoms with E-state index >= 15 is 4.39 Å². The van der Waals surface area contributed by atoms with Crippen LogP contribution in [0.25, 0.3) is 22.0 Å². The van der Waals surface area contributed by atoms with Crippen LogP contribution in [0.3, 0.4) is 0 Å². The molecule has 3 heterocycles. The number of fused-ring (bicyclic) bond motifs is 1. The number of rotatable bonds is 5. The van der Waals surface area contributed by atoms with Crippen LogP contribution in [-0.4, -0.2) is 57.6 Å². The molecule has 2 aliphatic carbocycles. The Morgan fingerprint density at radius 1 is 1.03 bits per heavy atom. The number of amidine groups is 1. The molecule has 0 unspecified atom stereocenters. The first-order valence-electron chi connectivity index (χ1n) is 13.9. The smallest absolute Gasteiger partial charge is 0.256 e. The number of hydrogen-bond donors (Lipinski definition) is 0. The lowest BCUT2D eigenvalue weighted by Crippen LogP contribution is -2.44. The minimum atomic E-state index is -0.757. The van der Waals surface area contributed by atoms with E-state index in [0.717, 1.165) is 60.7 Å². The average Bonchev–Trinajstić information content (AvgIpc) is 3.39. The molecule has 38 heavy (non-hydrogen) atoms. The summed E-state index contributed by atoms with van der Waals surface area (Å²) >= 11 is 0. The van der Waals surface area contributed by atoms with E-state index in [0.29, 0.717) is 37.3 Å². The molecule has 1 atom stereocenters. The second-order valence-electron chi connectivity index (χ2n) is 11.4. The van der Waals surface area contributed by atoms with Crippen molar-refractivity contribution in [1.82, 2.24) is 14.8 Å². The fourth-order valence-corrected chi connectivity index (χ4v) is 6.47. The van der Waals surface area contributed by atoms with Gasteiger partial charge in [0.15, 0.2) is 0 Å². The van der Waals surface area contributed by atoms with Crippen LogP contribution in [0.4, 0.5) is 4.39 Å². The number of amides is 2. The number of halogens is 1. The summed E-state index contributed by atoms with van der Waals surface area (Å²) in [6.07, 6.45) is 7.95. The van der Waals surface area contributed by atoms with Crippen molar-refractivity contribution in [3.05, 3.63) is 66.1 Å². The second-order valence-corrected chi connectivity index (χ2v) is 11.4. The molecule has 0 N–H and O–H groups in total. The van der Waals surface area contributed by atoms with Crippen molar-refractivity contribution in [3.8, 4) is 11.1 Å². The number of pyridine rings is 1. The van der Waals surface area contributed by atoms with Gasteiger partial charge in [-0.2, -0.15) is 0 Å². The quantitative estimate of drug-likeness (QED) is 0.474. The Balaban J connectivity index is 1.18. The van der Waals surface area contributed by atoms with Crippen LogP contribution in [0.5, 0.6) is 0 Å². The van der Waals surface area contributed by atoms with Gasteiger partial charge in [-0.25, -0.2) is 4.39 Å². The van der Waals surface area contributed by atoms with E-state index in [4.69, 9.17) is 4.99 Å². The summed E-state index contributed by atoms with van der Waals surface area (Å²) in [5.74, 6) is 0.705. The number of nitrogens with zero attached hydrogens (tertiary/aromatic N) is 4. The summed E-state index contributed by atoms with van der Waals surface area (Å²) in [4.78, 5) is 39.4. The third-order valence-corrected chi connectivity index (χ3v) is 8.76. The highest BCUT2D eigenvalue weighted by atomic mass is 19.1. The van der Waals surface area contributed by atoms with Crippen LogP contribution in [0, 0.1) is 17.7 Å². The van der Waals surface area contributed by atoms with Gasteiger partial charge in [-0.1, -0.05) is 37.1 Å². The minimum absolute atomic E-state index is 0.000972. The zero-order valence-corrected chi connectivity index (χ0v) is 21.4. The molecule has 2 amide bonds. The molecule has 0 bridgehead atoms. The van der Waals surface area contributed by atoms with E-state index in [-0.39, 0.29) is 29.5 Å². The molecule has 194 valence electrons. The van der Waals surface area contributed by atoms with Gasteiger partial charge < -0.3 is 4.90 Å². The van der Waals surface area contributed by atoms with E-state index < -0.39 is 5.54 Å². The first-order valence-corrected chi connectivity index (χ1v) is 13.9. The molecule has 2 aliphatic heterocycles. The third kappa shape index (κ3) is 3.99. The van der Waals surface area contributed by atoms with Crippen molar-refractivity contribution in [2.75, 3.05) is 19.6 Å². The lowest BCUT2D eigenvalue weighted by Gasteiger charge is -2.25. The summed E-state index contributed by atoms with van der Waals surface area (Å²) in [5, 5.41) is 1.04. The molecular weight excluding hydrogens is 479 g/mol. The van der Waals surface area contributed by atoms with E-state index in [1.165, 1.54) is 6.07 Å². The van der Waals surface area contributed by atoms with Gasteiger partial charge in [0.2, 0.25) is 5.91 Å². The molecule has 4 aliphatic rings. The van der Waals surface area contributed by atoms with E-state index in [9.17, 15) is 9.59 Å². The molecule has 7 rings (SSSR count). The van der Waals surface area contributed by atoms with Crippen LogP contribution in [0.1, 0.15) is 50.5 Å². The summed E-state index contributed by atoms with van der Waals surface area (Å²) in [5.41, 5.74) is 2.12. The van der Waals surface area contributed by atoms with Crippen LogP contribution < -0.4 is 0 Å². The fourth-order valence-electron chi connectivity index (χ4n) is 6.47. The van der Waals surface area contributed by atoms with Gasteiger partial charge in [-0.05, 0) is 73.4 Å². The van der Waals surface area contributed by atoms with Crippen molar-refractivity contribution in [2.24, 2.45) is 16.8 Å². The molecule has 3 fully saturated rings. The third-order valence-electron chi connectivity index (χ3n) is 8.76. The largest absolute Gasteiger partial charge is 0.342 e. The Morgan fingerprint density at radius 3 is 2.61 bits per heavy atom. The van der Waals surface area contributed by atoms with Gasteiger partial charge in [-0.15, -0.1) is 0 Å². The minimum Gasteiger partial charge on any atom is -0.342 e. The molecule has 6 nitrogen and oxygen atoms in total. The van der Waals surface area contributed by atoms with Gasteiger partial charge in [-0.3, -0.25) is 24.5 Å². The Kier molecular flexibility index (Phi) is 5.57. The Hall–Kier alpha value is -3.61. The fraction of sp³-hybridized carbons (Fsp3) is 0.419. The highest BCUT2D eigenvalue weighted by Crippen LogP contribution is 2.41. The maximum absolute atomic E-state index is 15.8. The normalized spacial score (nSPS) is 22.6. The van der Waals surface area contributed by atoms with Gasteiger partial charge in [0.05, 0.1) is 11.1 Å². The zero-order valence-electron chi connectivity index (χ0n) is 21.4. The van der Waals surface area contributed by atoms with Crippen molar-refractivity contribution in [2.45, 2.75) is 50.5 Å². The van der Waals surface area contributed by atoms with E-state index in [2.05, 4.69) is 4.98 Å². The van der Waals surface area contributed by atoms with E-state index in [1.54, 1.807) is 17.2 Å². The van der Waals surface area contributed by atoms with Gasteiger partial charge >= 0.3 is 0 Å². The molecule has 7 heteroatoms. The molecule has 1 spiro atoms. The lowest BCUT2D eigenvalue weighted by molar-refractivity contribution is -0.131.